The van der Waals surface area contributed by atoms with Gasteiger partial charge in [-0.15, -0.1) is 11.8 Å². The second-order valence-electron chi connectivity index (χ2n) is 11.9. The second kappa shape index (κ2) is 16.7. The number of benzene rings is 2. The van der Waals surface area contributed by atoms with Gasteiger partial charge >= 0.3 is 0 Å². The van der Waals surface area contributed by atoms with Crippen LogP contribution in [-0.4, -0.2) is 62.2 Å². The minimum atomic E-state index is -0.422. The van der Waals surface area contributed by atoms with E-state index in [1.165, 1.54) is 41.1 Å². The molecule has 1 aliphatic heterocycles. The van der Waals surface area contributed by atoms with Gasteiger partial charge in [0, 0.05) is 41.8 Å². The van der Waals surface area contributed by atoms with E-state index in [-0.39, 0.29) is 11.3 Å². The van der Waals surface area contributed by atoms with Crippen LogP contribution in [0.25, 0.3) is 0 Å². The highest BCUT2D eigenvalue weighted by Gasteiger charge is 2.45. The van der Waals surface area contributed by atoms with Crippen molar-refractivity contribution in [2.45, 2.75) is 102 Å². The molecule has 0 spiro atoms. The Labute approximate surface area is 249 Å². The molecular formula is C35H56N2O2S. The van der Waals surface area contributed by atoms with E-state index in [1.807, 2.05) is 11.8 Å². The maximum absolute atomic E-state index is 12.3. The molecule has 0 saturated carbocycles. The van der Waals surface area contributed by atoms with E-state index in [1.54, 1.807) is 0 Å². The Bertz CT molecular complexity index is 981. The fourth-order valence-corrected chi connectivity index (χ4v) is 7.54. The molecule has 2 aromatic rings. The number of unbranched alkanes of at least 4 members (excludes halogenated alkanes) is 4. The third-order valence-corrected chi connectivity index (χ3v) is 10.3. The molecular weight excluding hydrogens is 512 g/mol. The van der Waals surface area contributed by atoms with Crippen LogP contribution in [0.15, 0.2) is 47.4 Å². The largest absolute Gasteiger partial charge is 0.494 e. The normalized spacial score (nSPS) is 18.4. The molecule has 5 heteroatoms. The predicted octanol–water partition coefficient (Wildman–Crippen LogP) is 8.61. The first-order valence-corrected chi connectivity index (χ1v) is 16.9. The van der Waals surface area contributed by atoms with Crippen LogP contribution in [0.5, 0.6) is 5.75 Å². The molecule has 1 heterocycles. The second-order valence-corrected chi connectivity index (χ2v) is 12.9. The van der Waals surface area contributed by atoms with Crippen LogP contribution in [0.2, 0.25) is 0 Å². The van der Waals surface area contributed by atoms with E-state index in [4.69, 9.17) is 4.74 Å². The lowest BCUT2D eigenvalue weighted by molar-refractivity contribution is 0.0135. The first-order chi connectivity index (χ1) is 19.4. The molecule has 4 nitrogen and oxygen atoms in total. The predicted molar refractivity (Wildman–Crippen MR) is 174 cm³/mol. The Balaban J connectivity index is 1.82. The van der Waals surface area contributed by atoms with Gasteiger partial charge < -0.3 is 19.6 Å². The van der Waals surface area contributed by atoms with Crippen molar-refractivity contribution in [3.8, 4) is 5.75 Å². The minimum absolute atomic E-state index is 0.0484. The van der Waals surface area contributed by atoms with Gasteiger partial charge in [0.25, 0.3) is 0 Å². The monoisotopic (exact) mass is 568 g/mol. The highest BCUT2D eigenvalue weighted by atomic mass is 32.2. The zero-order valence-electron chi connectivity index (χ0n) is 26.3. The van der Waals surface area contributed by atoms with Gasteiger partial charge in [0.05, 0.1) is 12.7 Å². The first-order valence-electron chi connectivity index (χ1n) is 16.0. The van der Waals surface area contributed by atoms with Gasteiger partial charge in [0.1, 0.15) is 5.75 Å². The molecule has 40 heavy (non-hydrogen) atoms. The van der Waals surface area contributed by atoms with Gasteiger partial charge in [-0.25, -0.2) is 0 Å². The van der Waals surface area contributed by atoms with Crippen molar-refractivity contribution in [1.82, 2.24) is 4.90 Å². The van der Waals surface area contributed by atoms with E-state index < -0.39 is 6.10 Å². The van der Waals surface area contributed by atoms with Gasteiger partial charge in [0.2, 0.25) is 0 Å². The number of thioether (sulfide) groups is 1. The number of ether oxygens (including phenoxy) is 1. The lowest BCUT2D eigenvalue weighted by Gasteiger charge is -2.40. The zero-order valence-corrected chi connectivity index (χ0v) is 27.1. The summed E-state index contributed by atoms with van der Waals surface area (Å²) in [6.45, 7) is 13.2. The lowest BCUT2D eigenvalue weighted by atomic mass is 9.68. The molecule has 0 aliphatic carbocycles. The summed E-state index contributed by atoms with van der Waals surface area (Å²) >= 11 is 1.96. The van der Waals surface area contributed by atoms with Gasteiger partial charge in [0.15, 0.2) is 0 Å². The number of aliphatic hydroxyl groups excluding tert-OH is 1. The van der Waals surface area contributed by atoms with Crippen molar-refractivity contribution in [1.29, 1.82) is 0 Å². The fourth-order valence-electron chi connectivity index (χ4n) is 6.12. The summed E-state index contributed by atoms with van der Waals surface area (Å²) < 4.78 is 6.14. The van der Waals surface area contributed by atoms with E-state index in [2.05, 4.69) is 94.1 Å². The third kappa shape index (κ3) is 8.66. The molecule has 224 valence electrons. The Morgan fingerprint density at radius 2 is 1.55 bits per heavy atom. The van der Waals surface area contributed by atoms with Crippen molar-refractivity contribution in [3.63, 3.8) is 0 Å². The van der Waals surface area contributed by atoms with Crippen molar-refractivity contribution in [2.24, 2.45) is 5.41 Å². The van der Waals surface area contributed by atoms with Gasteiger partial charge in [-0.05, 0) is 93.2 Å². The molecule has 2 aromatic carbocycles. The first kappa shape index (κ1) is 32.8. The molecule has 0 bridgehead atoms. The molecule has 1 aliphatic rings. The highest BCUT2D eigenvalue weighted by molar-refractivity contribution is 7.99. The van der Waals surface area contributed by atoms with Crippen molar-refractivity contribution >= 4 is 17.4 Å². The summed E-state index contributed by atoms with van der Waals surface area (Å²) in [6, 6.07) is 15.5. The fraction of sp³-hybridized carbons (Fsp3) is 0.657. The summed E-state index contributed by atoms with van der Waals surface area (Å²) in [6.07, 6.45) is 9.90. The number of fused-ring (bicyclic) bond motifs is 1. The summed E-state index contributed by atoms with van der Waals surface area (Å²) in [5.74, 6) is 1.86. The van der Waals surface area contributed by atoms with Crippen LogP contribution in [-0.2, 0) is 0 Å². The smallest absolute Gasteiger partial charge is 0.119 e. The van der Waals surface area contributed by atoms with Crippen LogP contribution >= 0.6 is 11.8 Å². The molecule has 0 aromatic heterocycles. The van der Waals surface area contributed by atoms with Gasteiger partial charge in [-0.1, -0.05) is 65.5 Å². The molecule has 0 radical (unpaired) electrons. The van der Waals surface area contributed by atoms with Gasteiger partial charge in [-0.2, -0.15) is 0 Å². The number of rotatable bonds is 17. The average Bonchev–Trinajstić information content (AvgIpc) is 3.09. The van der Waals surface area contributed by atoms with E-state index in [0.717, 1.165) is 76.1 Å². The lowest BCUT2D eigenvalue weighted by Crippen LogP contribution is -2.41. The Hall–Kier alpha value is -1.69. The molecule has 0 unspecified atom stereocenters. The zero-order chi connectivity index (χ0) is 29.0. The van der Waals surface area contributed by atoms with Crippen LogP contribution in [0.4, 0.5) is 5.69 Å². The third-order valence-electron chi connectivity index (χ3n) is 8.88. The van der Waals surface area contributed by atoms with Crippen LogP contribution in [0.1, 0.15) is 103 Å². The van der Waals surface area contributed by atoms with Crippen molar-refractivity contribution in [2.75, 3.05) is 51.0 Å². The number of aliphatic hydroxyl groups is 1. The quantitative estimate of drug-likeness (QED) is 0.193. The molecule has 1 N–H and O–H groups in total. The number of hydrogen-bond acceptors (Lipinski definition) is 5. The highest BCUT2D eigenvalue weighted by Crippen LogP contribution is 2.52. The SMILES string of the molecule is CCCCC1(CCCC)CSc2ccc(N(C)C)cc2[C@@H](c2ccc(OCCCCCN(CC)CC)cc2)[C@H]1O. The summed E-state index contributed by atoms with van der Waals surface area (Å²) in [5.41, 5.74) is 3.56. The Kier molecular flexibility index (Phi) is 13.7. The maximum Gasteiger partial charge on any atom is 0.119 e. The molecule has 0 saturated heterocycles. The van der Waals surface area contributed by atoms with E-state index in [0.29, 0.717) is 0 Å². The standard InChI is InChI=1S/C35H56N2O2S/c1-7-11-22-35(23-12-8-2)27-40-32-21-18-29(36(5)6)26-31(32)33(34(35)38)28-16-19-30(20-17-28)39-25-15-13-14-24-37(9-3)10-4/h16-21,26,33-34,38H,7-15,22-25,27H2,1-6H3/t33-,34-/m1/s1. The molecule has 0 fully saturated rings. The van der Waals surface area contributed by atoms with E-state index in [9.17, 15) is 5.11 Å². The summed E-state index contributed by atoms with van der Waals surface area (Å²) in [7, 11) is 4.19. The average molecular weight is 569 g/mol. The maximum atomic E-state index is 12.3. The van der Waals surface area contributed by atoms with Crippen molar-refractivity contribution in [3.05, 3.63) is 53.6 Å². The van der Waals surface area contributed by atoms with Crippen molar-refractivity contribution < 1.29 is 9.84 Å². The Morgan fingerprint density at radius 3 is 2.15 bits per heavy atom. The molecule has 0 amide bonds. The number of anilines is 1. The van der Waals surface area contributed by atoms with Crippen LogP contribution < -0.4 is 9.64 Å². The number of hydrogen-bond donors (Lipinski definition) is 1. The van der Waals surface area contributed by atoms with E-state index >= 15 is 0 Å². The molecule has 2 atom stereocenters. The minimum Gasteiger partial charge on any atom is -0.494 e. The summed E-state index contributed by atoms with van der Waals surface area (Å²) in [4.78, 5) is 5.97. The van der Waals surface area contributed by atoms with Crippen LogP contribution in [0, 0.1) is 5.41 Å². The Morgan fingerprint density at radius 1 is 0.875 bits per heavy atom. The molecule has 3 rings (SSSR count). The van der Waals surface area contributed by atoms with Gasteiger partial charge in [-0.3, -0.25) is 0 Å². The van der Waals surface area contributed by atoms with Crippen LogP contribution in [0.3, 0.4) is 0 Å². The summed E-state index contributed by atoms with van der Waals surface area (Å²) in [5, 5.41) is 12.3. The topological polar surface area (TPSA) is 35.9 Å². The number of nitrogens with zero attached hydrogens (tertiary/aromatic N) is 2.